The summed E-state index contributed by atoms with van der Waals surface area (Å²) in [6, 6.07) is 9.65. The third-order valence-electron chi connectivity index (χ3n) is 3.20. The predicted molar refractivity (Wildman–Crippen MR) is 77.7 cm³/mol. The zero-order chi connectivity index (χ0) is 13.9. The second-order valence-electron chi connectivity index (χ2n) is 4.64. The first-order valence-corrected chi connectivity index (χ1v) is 6.38. The Bertz CT molecular complexity index is 718. The van der Waals surface area contributed by atoms with Crippen molar-refractivity contribution in [3.8, 4) is 0 Å². The molecule has 1 aromatic carbocycles. The molecule has 2 aromatic heterocycles. The molecule has 5 heteroatoms. The van der Waals surface area contributed by atoms with E-state index in [2.05, 4.69) is 20.4 Å². The number of nitrogens with two attached hydrogens (primary N) is 1. The van der Waals surface area contributed by atoms with Crippen molar-refractivity contribution in [1.82, 2.24) is 20.4 Å². The number of benzene rings is 1. The van der Waals surface area contributed by atoms with Gasteiger partial charge in [-0.2, -0.15) is 0 Å². The fourth-order valence-corrected chi connectivity index (χ4v) is 2.22. The fraction of sp³-hybridized carbons (Fsp3) is 0.133. The van der Waals surface area contributed by atoms with Crippen LogP contribution in [0.25, 0.3) is 10.9 Å². The third-order valence-corrected chi connectivity index (χ3v) is 3.20. The lowest BCUT2D eigenvalue weighted by molar-refractivity contribution is 0.603. The summed E-state index contributed by atoms with van der Waals surface area (Å²) in [7, 11) is 0. The molecule has 3 rings (SSSR count). The van der Waals surface area contributed by atoms with Crippen molar-refractivity contribution in [3.63, 3.8) is 0 Å². The predicted octanol–water partition coefficient (Wildman–Crippen LogP) is 1.89. The largest absolute Gasteiger partial charge is 0.270 e. The molecule has 5 nitrogen and oxygen atoms in total. The van der Waals surface area contributed by atoms with Crippen LogP contribution in [0, 0.1) is 6.92 Å². The number of pyridine rings is 1. The van der Waals surface area contributed by atoms with Crippen LogP contribution in [0.4, 0.5) is 0 Å². The Morgan fingerprint density at radius 1 is 1.05 bits per heavy atom. The number of hydrazine groups is 1. The summed E-state index contributed by atoms with van der Waals surface area (Å²) in [6.07, 6.45) is 5.34. The quantitative estimate of drug-likeness (QED) is 0.558. The Hall–Kier alpha value is -2.37. The Labute approximate surface area is 116 Å². The molecule has 100 valence electrons. The lowest BCUT2D eigenvalue weighted by Crippen LogP contribution is -2.30. The van der Waals surface area contributed by atoms with Crippen molar-refractivity contribution in [2.75, 3.05) is 0 Å². The summed E-state index contributed by atoms with van der Waals surface area (Å²) in [5, 5.41) is 1.07. The van der Waals surface area contributed by atoms with Crippen LogP contribution in [-0.2, 0) is 0 Å². The van der Waals surface area contributed by atoms with E-state index >= 15 is 0 Å². The van der Waals surface area contributed by atoms with Gasteiger partial charge in [0.05, 0.1) is 5.52 Å². The van der Waals surface area contributed by atoms with Crippen molar-refractivity contribution < 1.29 is 0 Å². The van der Waals surface area contributed by atoms with E-state index in [9.17, 15) is 0 Å². The highest BCUT2D eigenvalue weighted by atomic mass is 15.2. The van der Waals surface area contributed by atoms with E-state index in [1.165, 1.54) is 0 Å². The van der Waals surface area contributed by atoms with E-state index in [-0.39, 0.29) is 6.04 Å². The molecule has 0 fully saturated rings. The lowest BCUT2D eigenvalue weighted by Gasteiger charge is -2.16. The first kappa shape index (κ1) is 12.7. The SMILES string of the molecule is Cc1cnc(C(NN)c2cccc3cccnc23)nc1. The van der Waals surface area contributed by atoms with Crippen LogP contribution < -0.4 is 11.3 Å². The zero-order valence-electron chi connectivity index (χ0n) is 11.1. The number of fused-ring (bicyclic) bond motifs is 1. The minimum Gasteiger partial charge on any atom is -0.270 e. The van der Waals surface area contributed by atoms with Crippen LogP contribution in [0.5, 0.6) is 0 Å². The van der Waals surface area contributed by atoms with Gasteiger partial charge in [0, 0.05) is 29.5 Å². The molecule has 0 radical (unpaired) electrons. The maximum absolute atomic E-state index is 5.71. The molecule has 1 atom stereocenters. The van der Waals surface area contributed by atoms with Crippen molar-refractivity contribution in [2.24, 2.45) is 5.84 Å². The van der Waals surface area contributed by atoms with Crippen LogP contribution >= 0.6 is 0 Å². The Kier molecular flexibility index (Phi) is 3.37. The lowest BCUT2D eigenvalue weighted by atomic mass is 10.0. The molecule has 0 saturated heterocycles. The zero-order valence-corrected chi connectivity index (χ0v) is 11.1. The second kappa shape index (κ2) is 5.32. The molecule has 20 heavy (non-hydrogen) atoms. The number of rotatable bonds is 3. The second-order valence-corrected chi connectivity index (χ2v) is 4.64. The Morgan fingerprint density at radius 2 is 1.80 bits per heavy atom. The van der Waals surface area contributed by atoms with Gasteiger partial charge in [0.15, 0.2) is 5.82 Å². The molecule has 3 aromatic rings. The molecular formula is C15H15N5. The summed E-state index contributed by atoms with van der Waals surface area (Å²) in [4.78, 5) is 13.1. The van der Waals surface area contributed by atoms with Crippen LogP contribution in [0.15, 0.2) is 48.9 Å². The van der Waals surface area contributed by atoms with Gasteiger partial charge in [-0.15, -0.1) is 0 Å². The molecular weight excluding hydrogens is 250 g/mol. The van der Waals surface area contributed by atoms with Gasteiger partial charge in [-0.1, -0.05) is 24.3 Å². The molecule has 0 aliphatic carbocycles. The van der Waals surface area contributed by atoms with E-state index in [4.69, 9.17) is 5.84 Å². The van der Waals surface area contributed by atoms with E-state index in [1.807, 2.05) is 37.3 Å². The van der Waals surface area contributed by atoms with E-state index in [0.717, 1.165) is 22.0 Å². The summed E-state index contributed by atoms with van der Waals surface area (Å²) >= 11 is 0. The molecule has 0 bridgehead atoms. The number of aromatic nitrogens is 3. The minimum atomic E-state index is -0.283. The van der Waals surface area contributed by atoms with E-state index in [0.29, 0.717) is 5.82 Å². The van der Waals surface area contributed by atoms with Crippen molar-refractivity contribution >= 4 is 10.9 Å². The third kappa shape index (κ3) is 2.24. The van der Waals surface area contributed by atoms with Gasteiger partial charge in [-0.05, 0) is 18.6 Å². The van der Waals surface area contributed by atoms with Gasteiger partial charge in [0.2, 0.25) is 0 Å². The number of nitrogens with zero attached hydrogens (tertiary/aromatic N) is 3. The molecule has 0 amide bonds. The highest BCUT2D eigenvalue weighted by Crippen LogP contribution is 2.25. The summed E-state index contributed by atoms with van der Waals surface area (Å²) in [6.45, 7) is 1.95. The molecule has 0 aliphatic heterocycles. The smallest absolute Gasteiger partial charge is 0.151 e. The van der Waals surface area contributed by atoms with Gasteiger partial charge >= 0.3 is 0 Å². The van der Waals surface area contributed by atoms with Crippen LogP contribution in [0.2, 0.25) is 0 Å². The van der Waals surface area contributed by atoms with Crippen molar-refractivity contribution in [3.05, 3.63) is 65.9 Å². The summed E-state index contributed by atoms with van der Waals surface area (Å²) in [5.74, 6) is 6.34. The average molecular weight is 265 g/mol. The number of nitrogens with one attached hydrogen (secondary N) is 1. The summed E-state index contributed by atoms with van der Waals surface area (Å²) in [5.41, 5.74) is 5.67. The van der Waals surface area contributed by atoms with Crippen molar-refractivity contribution in [1.29, 1.82) is 0 Å². The highest BCUT2D eigenvalue weighted by molar-refractivity contribution is 5.82. The van der Waals surface area contributed by atoms with E-state index < -0.39 is 0 Å². The minimum absolute atomic E-state index is 0.283. The highest BCUT2D eigenvalue weighted by Gasteiger charge is 2.18. The first-order chi connectivity index (χ1) is 9.79. The number of para-hydroxylation sites is 1. The monoisotopic (exact) mass is 265 g/mol. The Balaban J connectivity index is 2.14. The molecule has 1 unspecified atom stereocenters. The van der Waals surface area contributed by atoms with Crippen LogP contribution in [0.1, 0.15) is 23.0 Å². The molecule has 0 aliphatic rings. The van der Waals surface area contributed by atoms with Gasteiger partial charge in [-0.3, -0.25) is 10.8 Å². The first-order valence-electron chi connectivity index (χ1n) is 6.38. The number of aryl methyl sites for hydroxylation is 1. The molecule has 0 spiro atoms. The maximum atomic E-state index is 5.71. The molecule has 0 saturated carbocycles. The molecule has 2 heterocycles. The Morgan fingerprint density at radius 3 is 2.55 bits per heavy atom. The van der Waals surface area contributed by atoms with Gasteiger partial charge < -0.3 is 0 Å². The van der Waals surface area contributed by atoms with Gasteiger partial charge in [0.1, 0.15) is 6.04 Å². The average Bonchev–Trinajstić information content (AvgIpc) is 2.50. The maximum Gasteiger partial charge on any atom is 0.151 e. The van der Waals surface area contributed by atoms with Crippen LogP contribution in [-0.4, -0.2) is 15.0 Å². The normalized spacial score (nSPS) is 12.5. The molecule has 3 N–H and O–H groups in total. The number of hydrogen-bond acceptors (Lipinski definition) is 5. The fourth-order valence-electron chi connectivity index (χ4n) is 2.22. The van der Waals surface area contributed by atoms with Crippen LogP contribution in [0.3, 0.4) is 0 Å². The standard InChI is InChI=1S/C15H15N5/c1-10-8-18-15(19-9-10)14(20-16)12-6-2-4-11-5-3-7-17-13(11)12/h2-9,14,20H,16H2,1H3. The summed E-state index contributed by atoms with van der Waals surface area (Å²) < 4.78 is 0. The van der Waals surface area contributed by atoms with Gasteiger partial charge in [-0.25, -0.2) is 15.4 Å². The topological polar surface area (TPSA) is 76.7 Å². The van der Waals surface area contributed by atoms with Crippen molar-refractivity contribution in [2.45, 2.75) is 13.0 Å². The number of hydrogen-bond donors (Lipinski definition) is 2. The van der Waals surface area contributed by atoms with Gasteiger partial charge in [0.25, 0.3) is 0 Å². The van der Waals surface area contributed by atoms with E-state index in [1.54, 1.807) is 18.6 Å².